The maximum Gasteiger partial charge on any atom is 0.328 e. The molecule has 1 aromatic heterocycles. The molecule has 0 spiro atoms. The van der Waals surface area contributed by atoms with Crippen LogP contribution in [-0.4, -0.2) is 50.2 Å². The van der Waals surface area contributed by atoms with E-state index in [2.05, 4.69) is 15.0 Å². The molecule has 0 aromatic carbocycles. The second kappa shape index (κ2) is 9.39. The van der Waals surface area contributed by atoms with Gasteiger partial charge in [-0.3, -0.25) is 9.59 Å². The zero-order valence-corrected chi connectivity index (χ0v) is 13.3. The maximum atomic E-state index is 11.9. The zero-order chi connectivity index (χ0) is 17.2. The lowest BCUT2D eigenvalue weighted by Gasteiger charge is -2.17. The van der Waals surface area contributed by atoms with Gasteiger partial charge >= 0.3 is 11.9 Å². The van der Waals surface area contributed by atoms with Crippen LogP contribution in [0.4, 0.5) is 0 Å². The number of rotatable bonds is 8. The highest BCUT2D eigenvalue weighted by molar-refractivity contribution is 5.86. The summed E-state index contributed by atoms with van der Waals surface area (Å²) in [5, 5.41) is 2.54. The minimum absolute atomic E-state index is 0.0631. The van der Waals surface area contributed by atoms with Gasteiger partial charge in [-0.05, 0) is 6.07 Å². The standard InChI is InChI=1S/C15H20N2O6/c1-21-13(19)7-6-12(18)17-11(15(20)23-3)9-10-5-4-8-16-14(10)22-2/h4-5,8,11H,6-7,9H2,1-3H3,(H,17,18)/t11-/m1/s1. The topological polar surface area (TPSA) is 104 Å². The molecule has 1 aromatic rings. The molecule has 0 saturated carbocycles. The Hall–Kier alpha value is -2.64. The second-order valence-electron chi connectivity index (χ2n) is 4.60. The van der Waals surface area contributed by atoms with E-state index < -0.39 is 23.9 Å². The predicted octanol–water partition coefficient (Wildman–Crippen LogP) is 0.244. The number of nitrogens with zero attached hydrogens (tertiary/aromatic N) is 1. The van der Waals surface area contributed by atoms with Gasteiger partial charge in [0.15, 0.2) is 0 Å². The largest absolute Gasteiger partial charge is 0.481 e. The first kappa shape index (κ1) is 18.4. The Bertz CT molecular complexity index is 561. The van der Waals surface area contributed by atoms with Crippen LogP contribution >= 0.6 is 0 Å². The second-order valence-corrected chi connectivity index (χ2v) is 4.60. The quantitative estimate of drug-likeness (QED) is 0.683. The van der Waals surface area contributed by atoms with Crippen molar-refractivity contribution in [1.82, 2.24) is 10.3 Å². The summed E-state index contributed by atoms with van der Waals surface area (Å²) in [7, 11) is 3.94. The van der Waals surface area contributed by atoms with E-state index >= 15 is 0 Å². The van der Waals surface area contributed by atoms with Crippen molar-refractivity contribution < 1.29 is 28.6 Å². The molecule has 0 fully saturated rings. The number of methoxy groups -OCH3 is 3. The summed E-state index contributed by atoms with van der Waals surface area (Å²) < 4.78 is 14.3. The average molecular weight is 324 g/mol. The Morgan fingerprint density at radius 2 is 1.91 bits per heavy atom. The van der Waals surface area contributed by atoms with E-state index in [1.54, 1.807) is 18.3 Å². The van der Waals surface area contributed by atoms with Crippen LogP contribution in [0, 0.1) is 0 Å². The van der Waals surface area contributed by atoms with Crippen molar-refractivity contribution in [3.05, 3.63) is 23.9 Å². The summed E-state index contributed by atoms with van der Waals surface area (Å²) in [5.41, 5.74) is 0.652. The van der Waals surface area contributed by atoms with Crippen LogP contribution in [0.15, 0.2) is 18.3 Å². The van der Waals surface area contributed by atoms with Gasteiger partial charge in [-0.25, -0.2) is 9.78 Å². The van der Waals surface area contributed by atoms with Gasteiger partial charge in [-0.1, -0.05) is 6.07 Å². The monoisotopic (exact) mass is 324 g/mol. The normalized spacial score (nSPS) is 11.3. The molecule has 8 heteroatoms. The van der Waals surface area contributed by atoms with Crippen LogP contribution in [0.2, 0.25) is 0 Å². The molecule has 0 unspecified atom stereocenters. The summed E-state index contributed by atoms with van der Waals surface area (Å²) in [6.45, 7) is 0. The molecular formula is C15H20N2O6. The molecule has 1 atom stereocenters. The van der Waals surface area contributed by atoms with Gasteiger partial charge in [-0.2, -0.15) is 0 Å². The number of carbonyl (C=O) groups excluding carboxylic acids is 3. The third kappa shape index (κ3) is 5.93. The van der Waals surface area contributed by atoms with Crippen molar-refractivity contribution >= 4 is 17.8 Å². The molecule has 1 heterocycles. The lowest BCUT2D eigenvalue weighted by molar-refractivity contribution is -0.145. The number of hydrogen-bond acceptors (Lipinski definition) is 7. The highest BCUT2D eigenvalue weighted by atomic mass is 16.5. The zero-order valence-electron chi connectivity index (χ0n) is 13.3. The van der Waals surface area contributed by atoms with E-state index in [-0.39, 0.29) is 19.3 Å². The van der Waals surface area contributed by atoms with Crippen molar-refractivity contribution in [2.75, 3.05) is 21.3 Å². The predicted molar refractivity (Wildman–Crippen MR) is 79.7 cm³/mol. The molecule has 1 N–H and O–H groups in total. The van der Waals surface area contributed by atoms with Gasteiger partial charge in [0.2, 0.25) is 11.8 Å². The number of pyridine rings is 1. The third-order valence-corrected chi connectivity index (χ3v) is 3.07. The van der Waals surface area contributed by atoms with E-state index in [1.165, 1.54) is 21.3 Å². The van der Waals surface area contributed by atoms with Crippen LogP contribution in [0.5, 0.6) is 5.88 Å². The Labute approximate surface area is 134 Å². The molecular weight excluding hydrogens is 304 g/mol. The van der Waals surface area contributed by atoms with Gasteiger partial charge in [-0.15, -0.1) is 0 Å². The van der Waals surface area contributed by atoms with Crippen LogP contribution < -0.4 is 10.1 Å². The molecule has 0 aliphatic rings. The fourth-order valence-corrected chi connectivity index (χ4v) is 1.90. The highest BCUT2D eigenvalue weighted by Crippen LogP contribution is 2.16. The molecule has 1 amide bonds. The van der Waals surface area contributed by atoms with Crippen molar-refractivity contribution in [2.45, 2.75) is 25.3 Å². The Balaban J connectivity index is 2.75. The van der Waals surface area contributed by atoms with Crippen molar-refractivity contribution in [1.29, 1.82) is 0 Å². The van der Waals surface area contributed by atoms with E-state index in [1.807, 2.05) is 0 Å². The Morgan fingerprint density at radius 1 is 1.17 bits per heavy atom. The van der Waals surface area contributed by atoms with Gasteiger partial charge in [0.1, 0.15) is 6.04 Å². The van der Waals surface area contributed by atoms with Crippen LogP contribution in [0.1, 0.15) is 18.4 Å². The first-order valence-electron chi connectivity index (χ1n) is 6.93. The maximum absolute atomic E-state index is 11.9. The molecule has 0 saturated heterocycles. The SMILES string of the molecule is COC(=O)CCC(=O)N[C@H](Cc1cccnc1OC)C(=O)OC. The minimum Gasteiger partial charge on any atom is -0.481 e. The molecule has 8 nitrogen and oxygen atoms in total. The van der Waals surface area contributed by atoms with E-state index in [4.69, 9.17) is 9.47 Å². The van der Waals surface area contributed by atoms with Gasteiger partial charge in [0, 0.05) is 24.6 Å². The summed E-state index contributed by atoms with van der Waals surface area (Å²) in [6.07, 6.45) is 1.58. The molecule has 0 aliphatic heterocycles. The fourth-order valence-electron chi connectivity index (χ4n) is 1.90. The van der Waals surface area contributed by atoms with Crippen LogP contribution in [-0.2, 0) is 30.3 Å². The Morgan fingerprint density at radius 3 is 2.52 bits per heavy atom. The van der Waals surface area contributed by atoms with Crippen LogP contribution in [0.25, 0.3) is 0 Å². The first-order valence-corrected chi connectivity index (χ1v) is 6.93. The summed E-state index contributed by atoms with van der Waals surface area (Å²) in [6, 6.07) is 2.54. The smallest absolute Gasteiger partial charge is 0.328 e. The molecule has 1 rings (SSSR count). The lowest BCUT2D eigenvalue weighted by atomic mass is 10.1. The fraction of sp³-hybridized carbons (Fsp3) is 0.467. The summed E-state index contributed by atoms with van der Waals surface area (Å²) in [5.74, 6) is -1.18. The number of esters is 2. The summed E-state index contributed by atoms with van der Waals surface area (Å²) in [4.78, 5) is 38.8. The van der Waals surface area contributed by atoms with Gasteiger partial charge in [0.05, 0.1) is 27.8 Å². The first-order chi connectivity index (χ1) is 11.0. The molecule has 0 aliphatic carbocycles. The van der Waals surface area contributed by atoms with E-state index in [9.17, 15) is 14.4 Å². The third-order valence-electron chi connectivity index (χ3n) is 3.07. The molecule has 0 radical (unpaired) electrons. The number of nitrogens with one attached hydrogen (secondary N) is 1. The molecule has 23 heavy (non-hydrogen) atoms. The van der Waals surface area contributed by atoms with Gasteiger partial charge in [0.25, 0.3) is 0 Å². The van der Waals surface area contributed by atoms with Crippen molar-refractivity contribution in [3.8, 4) is 5.88 Å². The van der Waals surface area contributed by atoms with E-state index in [0.717, 1.165) is 0 Å². The van der Waals surface area contributed by atoms with Crippen molar-refractivity contribution in [2.24, 2.45) is 0 Å². The average Bonchev–Trinajstić information content (AvgIpc) is 2.58. The van der Waals surface area contributed by atoms with E-state index in [0.29, 0.717) is 11.4 Å². The number of aromatic nitrogens is 1. The summed E-state index contributed by atoms with van der Waals surface area (Å²) >= 11 is 0. The minimum atomic E-state index is -0.900. The lowest BCUT2D eigenvalue weighted by Crippen LogP contribution is -2.43. The number of carbonyl (C=O) groups is 3. The Kier molecular flexibility index (Phi) is 7.52. The van der Waals surface area contributed by atoms with Crippen molar-refractivity contribution in [3.63, 3.8) is 0 Å². The molecule has 0 bridgehead atoms. The number of ether oxygens (including phenoxy) is 3. The number of hydrogen-bond donors (Lipinski definition) is 1. The number of amides is 1. The molecule has 126 valence electrons. The highest BCUT2D eigenvalue weighted by Gasteiger charge is 2.24. The van der Waals surface area contributed by atoms with Crippen LogP contribution in [0.3, 0.4) is 0 Å². The van der Waals surface area contributed by atoms with Gasteiger partial charge < -0.3 is 19.5 Å².